The Balaban J connectivity index is 1.56. The molecule has 37 heavy (non-hydrogen) atoms. The first-order chi connectivity index (χ1) is 17.7. The smallest absolute Gasteiger partial charge is 0.308 e. The van der Waals surface area contributed by atoms with E-state index in [1.165, 1.54) is 25.7 Å². The topological polar surface area (TPSA) is 105 Å². The number of aromatic nitrogens is 2. The van der Waals surface area contributed by atoms with Crippen molar-refractivity contribution in [2.45, 2.75) is 77.2 Å². The molecule has 0 radical (unpaired) electrons. The van der Waals surface area contributed by atoms with E-state index in [1.807, 2.05) is 41.9 Å². The molecule has 0 amide bonds. The average molecular weight is 527 g/mol. The van der Waals surface area contributed by atoms with Gasteiger partial charge in [-0.3, -0.25) is 14.2 Å². The van der Waals surface area contributed by atoms with Crippen LogP contribution in [0, 0.1) is 19.8 Å². The number of unbranched alkanes of at least 4 members (excludes halogenated alkanes) is 5. The van der Waals surface area contributed by atoms with Gasteiger partial charge in [0.15, 0.2) is 0 Å². The van der Waals surface area contributed by atoms with E-state index >= 15 is 0 Å². The second-order valence-corrected chi connectivity index (χ2v) is 11.7. The van der Waals surface area contributed by atoms with Gasteiger partial charge in [0.1, 0.15) is 4.90 Å². The number of benzene rings is 2. The second-order valence-electron chi connectivity index (χ2n) is 10.0. The molecule has 2 N–H and O–H groups in total. The molecule has 8 nitrogen and oxygen atoms in total. The monoisotopic (exact) mass is 526 g/mol. The van der Waals surface area contributed by atoms with Crippen LogP contribution in [0.2, 0.25) is 0 Å². The number of hydrogen-bond donors (Lipinski definition) is 2. The molecular formula is C28H38N4O4S. The Morgan fingerprint density at radius 1 is 1.05 bits per heavy atom. The molecule has 0 aliphatic carbocycles. The number of nitrogens with zero attached hydrogens (tertiary/aromatic N) is 3. The third-order valence-electron chi connectivity index (χ3n) is 7.33. The second kappa shape index (κ2) is 11.5. The molecule has 0 bridgehead atoms. The highest BCUT2D eigenvalue weighted by molar-refractivity contribution is 7.92. The number of aliphatic carboxylic acids is 1. The molecule has 1 saturated heterocycles. The third kappa shape index (κ3) is 5.92. The molecule has 3 aromatic rings. The van der Waals surface area contributed by atoms with Crippen molar-refractivity contribution in [3.8, 4) is 0 Å². The summed E-state index contributed by atoms with van der Waals surface area (Å²) in [6.45, 7) is 7.57. The Kier molecular flexibility index (Phi) is 8.42. The van der Waals surface area contributed by atoms with Crippen molar-refractivity contribution in [2.75, 3.05) is 22.7 Å². The fourth-order valence-electron chi connectivity index (χ4n) is 5.35. The first kappa shape index (κ1) is 27.0. The summed E-state index contributed by atoms with van der Waals surface area (Å²) >= 11 is 0. The molecule has 2 heterocycles. The molecule has 0 spiro atoms. The van der Waals surface area contributed by atoms with E-state index in [2.05, 4.69) is 21.6 Å². The Morgan fingerprint density at radius 2 is 1.76 bits per heavy atom. The van der Waals surface area contributed by atoms with Crippen LogP contribution in [0.25, 0.3) is 10.8 Å². The number of carboxylic acids is 1. The number of aryl methyl sites for hydroxylation is 2. The van der Waals surface area contributed by atoms with E-state index < -0.39 is 21.9 Å². The Bertz CT molecular complexity index is 1370. The molecule has 4 rings (SSSR count). The quantitative estimate of drug-likeness (QED) is 0.292. The lowest BCUT2D eigenvalue weighted by molar-refractivity contribution is -0.140. The zero-order chi connectivity index (χ0) is 26.6. The zero-order valence-corrected chi connectivity index (χ0v) is 22.9. The molecule has 200 valence electrons. The summed E-state index contributed by atoms with van der Waals surface area (Å²) in [6.07, 6.45) is 7.58. The summed E-state index contributed by atoms with van der Waals surface area (Å²) in [5.74, 6) is -1.17. The summed E-state index contributed by atoms with van der Waals surface area (Å²) in [5.41, 5.74) is 2.56. The van der Waals surface area contributed by atoms with Crippen LogP contribution in [0.5, 0.6) is 0 Å². The number of carboxylic acid groups (broad SMARTS) is 1. The summed E-state index contributed by atoms with van der Waals surface area (Å²) < 4.78 is 31.8. The molecule has 1 aliphatic heterocycles. The van der Waals surface area contributed by atoms with Gasteiger partial charge in [0.05, 0.1) is 23.0 Å². The fraction of sp³-hybridized carbons (Fsp3) is 0.500. The predicted octanol–water partition coefficient (Wildman–Crippen LogP) is 5.73. The van der Waals surface area contributed by atoms with Gasteiger partial charge in [-0.2, -0.15) is 5.10 Å². The number of nitrogens with one attached hydrogen (secondary N) is 1. The number of sulfonamides is 1. The molecule has 9 heteroatoms. The summed E-state index contributed by atoms with van der Waals surface area (Å²) in [5, 5.41) is 15.6. The van der Waals surface area contributed by atoms with Gasteiger partial charge in [0.25, 0.3) is 10.0 Å². The van der Waals surface area contributed by atoms with Crippen LogP contribution in [0.15, 0.2) is 41.3 Å². The molecule has 1 atom stereocenters. The number of rotatable bonds is 12. The van der Waals surface area contributed by atoms with E-state index in [0.29, 0.717) is 43.1 Å². The number of carbonyl (C=O) groups is 1. The van der Waals surface area contributed by atoms with Gasteiger partial charge >= 0.3 is 5.97 Å². The number of hydrogen-bond acceptors (Lipinski definition) is 5. The molecule has 2 aromatic carbocycles. The highest BCUT2D eigenvalue weighted by Crippen LogP contribution is 2.36. The zero-order valence-electron chi connectivity index (χ0n) is 22.0. The maximum Gasteiger partial charge on any atom is 0.308 e. The van der Waals surface area contributed by atoms with Crippen molar-refractivity contribution in [3.05, 3.63) is 47.8 Å². The van der Waals surface area contributed by atoms with E-state index in [1.54, 1.807) is 13.0 Å². The molecule has 1 fully saturated rings. The van der Waals surface area contributed by atoms with Crippen LogP contribution in [-0.4, -0.2) is 42.4 Å². The lowest BCUT2D eigenvalue weighted by Gasteiger charge is -2.22. The summed E-state index contributed by atoms with van der Waals surface area (Å²) in [6, 6.07) is 11.3. The van der Waals surface area contributed by atoms with Crippen molar-refractivity contribution in [1.82, 2.24) is 9.78 Å². The van der Waals surface area contributed by atoms with Gasteiger partial charge in [-0.15, -0.1) is 0 Å². The van der Waals surface area contributed by atoms with Crippen molar-refractivity contribution in [3.63, 3.8) is 0 Å². The van der Waals surface area contributed by atoms with Gasteiger partial charge in [-0.25, -0.2) is 8.42 Å². The van der Waals surface area contributed by atoms with E-state index in [-0.39, 0.29) is 4.90 Å². The first-order valence-electron chi connectivity index (χ1n) is 13.3. The highest BCUT2D eigenvalue weighted by Gasteiger charge is 2.30. The van der Waals surface area contributed by atoms with Crippen LogP contribution in [0.1, 0.15) is 63.3 Å². The maximum atomic E-state index is 13.6. The van der Waals surface area contributed by atoms with Crippen LogP contribution >= 0.6 is 0 Å². The van der Waals surface area contributed by atoms with Crippen molar-refractivity contribution < 1.29 is 18.3 Å². The number of fused-ring (bicyclic) bond motifs is 1. The number of anilines is 2. The largest absolute Gasteiger partial charge is 0.481 e. The summed E-state index contributed by atoms with van der Waals surface area (Å²) in [4.78, 5) is 13.7. The molecule has 0 saturated carbocycles. The lowest BCUT2D eigenvalue weighted by atomic mass is 10.1. The fourth-order valence-corrected chi connectivity index (χ4v) is 6.85. The minimum absolute atomic E-state index is 0.232. The Morgan fingerprint density at radius 3 is 2.46 bits per heavy atom. The van der Waals surface area contributed by atoms with E-state index in [4.69, 9.17) is 0 Å². The molecule has 1 aromatic heterocycles. The van der Waals surface area contributed by atoms with Gasteiger partial charge in [0.2, 0.25) is 0 Å². The van der Waals surface area contributed by atoms with Crippen molar-refractivity contribution in [2.24, 2.45) is 5.92 Å². The predicted molar refractivity (Wildman–Crippen MR) is 148 cm³/mol. The van der Waals surface area contributed by atoms with Crippen LogP contribution in [0.3, 0.4) is 0 Å². The lowest BCUT2D eigenvalue weighted by Crippen LogP contribution is -2.23. The molecule has 1 aliphatic rings. The van der Waals surface area contributed by atoms with Gasteiger partial charge in [0, 0.05) is 36.1 Å². The SMILES string of the molecule is CCCCCCCCn1nc(C)c(S(=O)(=O)Nc2ccc(N3CC[C@@H](C(=O)O)C3)c3ccccc23)c1C. The normalized spacial score (nSPS) is 16.0. The Hall–Kier alpha value is -3.07. The van der Waals surface area contributed by atoms with Gasteiger partial charge < -0.3 is 10.0 Å². The van der Waals surface area contributed by atoms with E-state index in [0.717, 1.165) is 29.3 Å². The minimum atomic E-state index is -3.86. The first-order valence-corrected chi connectivity index (χ1v) is 14.8. The van der Waals surface area contributed by atoms with Crippen LogP contribution in [0.4, 0.5) is 11.4 Å². The van der Waals surface area contributed by atoms with Crippen molar-refractivity contribution in [1.29, 1.82) is 0 Å². The third-order valence-corrected chi connectivity index (χ3v) is 8.95. The highest BCUT2D eigenvalue weighted by atomic mass is 32.2. The summed E-state index contributed by atoms with van der Waals surface area (Å²) in [7, 11) is -3.86. The van der Waals surface area contributed by atoms with Crippen LogP contribution < -0.4 is 9.62 Å². The Labute approximate surface area is 219 Å². The van der Waals surface area contributed by atoms with Crippen LogP contribution in [-0.2, 0) is 21.4 Å². The average Bonchev–Trinajstić information content (AvgIpc) is 3.46. The van der Waals surface area contributed by atoms with Gasteiger partial charge in [-0.05, 0) is 38.8 Å². The standard InChI is InChI=1S/C28H38N4O4S/c1-4-5-6-7-8-11-17-32-21(3)27(20(2)29-32)37(35,36)30-25-14-15-26(24-13-10-9-12-23(24)25)31-18-16-22(19-31)28(33)34/h9-10,12-15,22,30H,4-8,11,16-19H2,1-3H3,(H,33,34)/t22-/m1/s1. The maximum absolute atomic E-state index is 13.6. The molecule has 0 unspecified atom stereocenters. The van der Waals surface area contributed by atoms with E-state index in [9.17, 15) is 18.3 Å². The van der Waals surface area contributed by atoms with Gasteiger partial charge in [-0.1, -0.05) is 63.3 Å². The van der Waals surface area contributed by atoms with Crippen molar-refractivity contribution >= 4 is 38.1 Å². The minimum Gasteiger partial charge on any atom is -0.481 e. The molecular weight excluding hydrogens is 488 g/mol.